The SMILES string of the molecule is CC(=O)Nc1ccc(C(=O)NCC(=O)O)c([18F])c1. The number of halogens is 1. The highest BCUT2D eigenvalue weighted by Crippen LogP contribution is 2.14. The molecule has 0 atom stereocenters. The summed E-state index contributed by atoms with van der Waals surface area (Å²) in [6.07, 6.45) is 0. The van der Waals surface area contributed by atoms with E-state index in [0.717, 1.165) is 12.1 Å². The maximum absolute atomic E-state index is 13.5. The Labute approximate surface area is 102 Å². The highest BCUT2D eigenvalue weighted by Gasteiger charge is 2.13. The third-order valence-electron chi connectivity index (χ3n) is 1.93. The number of hydrogen-bond donors (Lipinski definition) is 3. The van der Waals surface area contributed by atoms with Crippen molar-refractivity contribution in [2.45, 2.75) is 6.92 Å². The molecule has 7 heteroatoms. The number of carbonyl (C=O) groups excluding carboxylic acids is 2. The maximum atomic E-state index is 13.5. The van der Waals surface area contributed by atoms with Crippen molar-refractivity contribution in [3.63, 3.8) is 0 Å². The monoisotopic (exact) mass is 253 g/mol. The molecule has 0 fully saturated rings. The van der Waals surface area contributed by atoms with Crippen LogP contribution in [0.5, 0.6) is 0 Å². The first kappa shape index (κ1) is 13.6. The van der Waals surface area contributed by atoms with Gasteiger partial charge in [-0.3, -0.25) is 14.4 Å². The molecule has 0 aliphatic rings. The lowest BCUT2D eigenvalue weighted by molar-refractivity contribution is -0.135. The number of carboxylic acid groups (broad SMARTS) is 1. The zero-order chi connectivity index (χ0) is 13.7. The Balaban J connectivity index is 2.81. The fourth-order valence-corrected chi connectivity index (χ4v) is 1.23. The largest absolute Gasteiger partial charge is 0.480 e. The molecule has 0 radical (unpaired) electrons. The summed E-state index contributed by atoms with van der Waals surface area (Å²) < 4.78 is 13.5. The van der Waals surface area contributed by atoms with Crippen LogP contribution in [0.2, 0.25) is 0 Å². The van der Waals surface area contributed by atoms with Gasteiger partial charge in [0, 0.05) is 12.6 Å². The minimum absolute atomic E-state index is 0.217. The van der Waals surface area contributed by atoms with Crippen LogP contribution in [0.3, 0.4) is 0 Å². The van der Waals surface area contributed by atoms with Gasteiger partial charge in [0.1, 0.15) is 12.4 Å². The van der Waals surface area contributed by atoms with E-state index in [2.05, 4.69) is 5.32 Å². The Morgan fingerprint density at radius 2 is 2.00 bits per heavy atom. The van der Waals surface area contributed by atoms with Crippen LogP contribution in [0, 0.1) is 5.82 Å². The van der Waals surface area contributed by atoms with E-state index in [1.165, 1.54) is 13.0 Å². The molecule has 0 unspecified atom stereocenters. The van der Waals surface area contributed by atoms with E-state index in [1.54, 1.807) is 0 Å². The van der Waals surface area contributed by atoms with Crippen molar-refractivity contribution in [2.24, 2.45) is 0 Å². The minimum Gasteiger partial charge on any atom is -0.480 e. The van der Waals surface area contributed by atoms with Gasteiger partial charge < -0.3 is 15.7 Å². The molecule has 3 N–H and O–H groups in total. The van der Waals surface area contributed by atoms with Gasteiger partial charge in [-0.15, -0.1) is 0 Å². The summed E-state index contributed by atoms with van der Waals surface area (Å²) in [5.74, 6) is -3.26. The van der Waals surface area contributed by atoms with Crippen molar-refractivity contribution in [1.82, 2.24) is 5.32 Å². The summed E-state index contributed by atoms with van der Waals surface area (Å²) in [5, 5.41) is 12.8. The molecule has 1 aromatic carbocycles. The lowest BCUT2D eigenvalue weighted by Gasteiger charge is -2.06. The Bertz CT molecular complexity index is 502. The molecule has 0 spiro atoms. The van der Waals surface area contributed by atoms with Crippen LogP contribution in [0.1, 0.15) is 17.3 Å². The van der Waals surface area contributed by atoms with Crippen molar-refractivity contribution in [3.8, 4) is 0 Å². The summed E-state index contributed by atoms with van der Waals surface area (Å²) in [4.78, 5) is 32.4. The van der Waals surface area contributed by atoms with Crippen LogP contribution in [-0.2, 0) is 9.59 Å². The minimum atomic E-state index is -1.22. The maximum Gasteiger partial charge on any atom is 0.322 e. The number of carbonyl (C=O) groups is 3. The van der Waals surface area contributed by atoms with Gasteiger partial charge in [0.25, 0.3) is 5.91 Å². The van der Waals surface area contributed by atoms with E-state index in [1.807, 2.05) is 5.32 Å². The number of amides is 2. The number of nitrogens with one attached hydrogen (secondary N) is 2. The van der Waals surface area contributed by atoms with Gasteiger partial charge in [0.15, 0.2) is 0 Å². The third-order valence-corrected chi connectivity index (χ3v) is 1.93. The number of benzene rings is 1. The molecule has 18 heavy (non-hydrogen) atoms. The zero-order valence-corrected chi connectivity index (χ0v) is 9.49. The van der Waals surface area contributed by atoms with Crippen LogP contribution in [0.15, 0.2) is 18.2 Å². The second-order valence-corrected chi connectivity index (χ2v) is 3.45. The molecule has 1 rings (SSSR count). The normalized spacial score (nSPS) is 9.67. The Morgan fingerprint density at radius 1 is 1.33 bits per heavy atom. The van der Waals surface area contributed by atoms with Gasteiger partial charge in [-0.2, -0.15) is 0 Å². The molecule has 0 aliphatic carbocycles. The Hall–Kier alpha value is -2.44. The zero-order valence-electron chi connectivity index (χ0n) is 9.49. The van der Waals surface area contributed by atoms with Crippen molar-refractivity contribution in [1.29, 1.82) is 0 Å². The van der Waals surface area contributed by atoms with Crippen molar-refractivity contribution in [2.75, 3.05) is 11.9 Å². The highest BCUT2D eigenvalue weighted by molar-refractivity contribution is 5.97. The average Bonchev–Trinajstić information content (AvgIpc) is 2.25. The van der Waals surface area contributed by atoms with Crippen molar-refractivity contribution >= 4 is 23.5 Å². The number of rotatable bonds is 4. The van der Waals surface area contributed by atoms with Crippen LogP contribution in [0.4, 0.5) is 10.1 Å². The van der Waals surface area contributed by atoms with E-state index in [4.69, 9.17) is 5.11 Å². The predicted molar refractivity (Wildman–Crippen MR) is 60.7 cm³/mol. The number of anilines is 1. The molecule has 2 amide bonds. The lowest BCUT2D eigenvalue weighted by atomic mass is 10.1. The van der Waals surface area contributed by atoms with Gasteiger partial charge in [0.2, 0.25) is 5.91 Å². The third kappa shape index (κ3) is 3.85. The topological polar surface area (TPSA) is 95.5 Å². The van der Waals surface area contributed by atoms with Crippen LogP contribution >= 0.6 is 0 Å². The summed E-state index contributed by atoms with van der Waals surface area (Å²) in [7, 11) is 0. The van der Waals surface area contributed by atoms with Crippen molar-refractivity contribution < 1.29 is 23.9 Å². The molecular formula is C11H11FN2O4. The smallest absolute Gasteiger partial charge is 0.322 e. The first-order valence-corrected chi connectivity index (χ1v) is 4.97. The molecule has 6 nitrogen and oxygen atoms in total. The van der Waals surface area contributed by atoms with E-state index >= 15 is 0 Å². The average molecular weight is 253 g/mol. The second-order valence-electron chi connectivity index (χ2n) is 3.45. The highest BCUT2D eigenvalue weighted by atomic mass is 18.2. The van der Waals surface area contributed by atoms with Gasteiger partial charge >= 0.3 is 5.97 Å². The number of hydrogen-bond acceptors (Lipinski definition) is 3. The summed E-state index contributed by atoms with van der Waals surface area (Å²) >= 11 is 0. The molecule has 0 aromatic heterocycles. The van der Waals surface area contributed by atoms with Crippen LogP contribution in [-0.4, -0.2) is 29.4 Å². The first-order valence-electron chi connectivity index (χ1n) is 4.97. The van der Waals surface area contributed by atoms with Gasteiger partial charge in [-0.1, -0.05) is 0 Å². The summed E-state index contributed by atoms with van der Waals surface area (Å²) in [6.45, 7) is 0.678. The molecule has 1 aromatic rings. The summed E-state index contributed by atoms with van der Waals surface area (Å²) in [6, 6.07) is 3.50. The lowest BCUT2D eigenvalue weighted by Crippen LogP contribution is -2.29. The molecule has 0 aliphatic heterocycles. The van der Waals surface area contributed by atoms with Crippen LogP contribution in [0.25, 0.3) is 0 Å². The fourth-order valence-electron chi connectivity index (χ4n) is 1.23. The number of aliphatic carboxylic acids is 1. The quantitative estimate of drug-likeness (QED) is 0.732. The molecule has 0 bridgehead atoms. The molecule has 96 valence electrons. The predicted octanol–water partition coefficient (Wildman–Crippen LogP) is 0.598. The Kier molecular flexibility index (Phi) is 4.36. The van der Waals surface area contributed by atoms with Crippen molar-refractivity contribution in [3.05, 3.63) is 29.6 Å². The number of carboxylic acids is 1. The molecule has 0 heterocycles. The second kappa shape index (κ2) is 5.76. The van der Waals surface area contributed by atoms with E-state index < -0.39 is 24.2 Å². The molecule has 0 saturated heterocycles. The standard InChI is InChI=1S/C11H11FN2O4/c1-6(15)14-7-2-3-8(9(12)4-7)11(18)13-5-10(16)17/h2-4H,5H2,1H3,(H,13,18)(H,14,15)(H,16,17)/i12-1. The van der Waals surface area contributed by atoms with Crippen LogP contribution < -0.4 is 10.6 Å². The van der Waals surface area contributed by atoms with E-state index in [0.29, 0.717) is 0 Å². The Morgan fingerprint density at radius 3 is 2.50 bits per heavy atom. The van der Waals surface area contributed by atoms with E-state index in [-0.39, 0.29) is 17.2 Å². The fraction of sp³-hybridized carbons (Fsp3) is 0.182. The summed E-state index contributed by atoms with van der Waals surface area (Å²) in [5.41, 5.74) is -0.0693. The van der Waals surface area contributed by atoms with E-state index in [9.17, 15) is 18.8 Å². The first-order chi connectivity index (χ1) is 8.40. The van der Waals surface area contributed by atoms with Gasteiger partial charge in [-0.25, -0.2) is 4.39 Å². The van der Waals surface area contributed by atoms with Gasteiger partial charge in [-0.05, 0) is 18.2 Å². The molecular weight excluding hydrogens is 242 g/mol. The van der Waals surface area contributed by atoms with Gasteiger partial charge in [0.05, 0.1) is 5.56 Å². The molecule has 0 saturated carbocycles.